The lowest BCUT2D eigenvalue weighted by atomic mass is 10.2. The maximum absolute atomic E-state index is 12.2. The van der Waals surface area contributed by atoms with Gasteiger partial charge in [0.1, 0.15) is 5.69 Å². The van der Waals surface area contributed by atoms with Crippen LogP contribution in [-0.2, 0) is 6.18 Å². The minimum Gasteiger partial charge on any atom is -0.394 e. The van der Waals surface area contributed by atoms with Gasteiger partial charge in [0.05, 0.1) is 12.2 Å². The molecule has 7 heteroatoms. The SMILES string of the molecule is C[C@H](CO)NC(=O)c1ccc(C(F)(F)F)nc1. The van der Waals surface area contributed by atoms with E-state index in [0.717, 1.165) is 18.3 Å². The number of hydrogen-bond donors (Lipinski definition) is 2. The zero-order valence-electron chi connectivity index (χ0n) is 8.95. The summed E-state index contributed by atoms with van der Waals surface area (Å²) in [4.78, 5) is 14.6. The topological polar surface area (TPSA) is 62.2 Å². The first-order valence-corrected chi connectivity index (χ1v) is 4.79. The van der Waals surface area contributed by atoms with Gasteiger partial charge in [-0.2, -0.15) is 13.2 Å². The Morgan fingerprint density at radius 1 is 1.53 bits per heavy atom. The number of aliphatic hydroxyl groups is 1. The van der Waals surface area contributed by atoms with Crippen molar-refractivity contribution in [1.82, 2.24) is 10.3 Å². The summed E-state index contributed by atoms with van der Waals surface area (Å²) in [5.41, 5.74) is -1.04. The van der Waals surface area contributed by atoms with Crippen LogP contribution in [0, 0.1) is 0 Å². The summed E-state index contributed by atoms with van der Waals surface area (Å²) in [6.07, 6.45) is -3.67. The first kappa shape index (κ1) is 13.4. The van der Waals surface area contributed by atoms with Gasteiger partial charge < -0.3 is 10.4 Å². The standard InChI is InChI=1S/C10H11F3N2O2/c1-6(5-16)15-9(17)7-2-3-8(14-4-7)10(11,12)13/h2-4,6,16H,5H2,1H3,(H,15,17)/t6-/m1/s1. The molecule has 1 amide bonds. The van der Waals surface area contributed by atoms with E-state index in [1.807, 2.05) is 0 Å². The molecule has 1 rings (SSSR count). The van der Waals surface area contributed by atoms with Crippen LogP contribution in [0.25, 0.3) is 0 Å². The van der Waals surface area contributed by atoms with Crippen LogP contribution >= 0.6 is 0 Å². The van der Waals surface area contributed by atoms with E-state index in [0.29, 0.717) is 0 Å². The van der Waals surface area contributed by atoms with Gasteiger partial charge in [-0.25, -0.2) is 0 Å². The highest BCUT2D eigenvalue weighted by Crippen LogP contribution is 2.27. The fourth-order valence-corrected chi connectivity index (χ4v) is 1.05. The Hall–Kier alpha value is -1.63. The number of rotatable bonds is 3. The number of carbonyl (C=O) groups is 1. The number of nitrogens with one attached hydrogen (secondary N) is 1. The summed E-state index contributed by atoms with van der Waals surface area (Å²) in [6, 6.07) is 1.30. The minimum atomic E-state index is -4.52. The van der Waals surface area contributed by atoms with E-state index in [-0.39, 0.29) is 12.2 Å². The fourth-order valence-electron chi connectivity index (χ4n) is 1.05. The smallest absolute Gasteiger partial charge is 0.394 e. The van der Waals surface area contributed by atoms with Gasteiger partial charge >= 0.3 is 6.18 Å². The van der Waals surface area contributed by atoms with E-state index < -0.39 is 23.8 Å². The molecule has 0 fully saturated rings. The maximum atomic E-state index is 12.2. The monoisotopic (exact) mass is 248 g/mol. The van der Waals surface area contributed by atoms with Gasteiger partial charge in [-0.3, -0.25) is 9.78 Å². The molecule has 0 radical (unpaired) electrons. The second kappa shape index (κ2) is 5.13. The first-order chi connectivity index (χ1) is 7.84. The van der Waals surface area contributed by atoms with E-state index in [1.54, 1.807) is 6.92 Å². The normalized spacial score (nSPS) is 13.2. The molecule has 0 aliphatic rings. The van der Waals surface area contributed by atoms with Crippen molar-refractivity contribution in [2.24, 2.45) is 0 Å². The predicted octanol–water partition coefficient (Wildman–Crippen LogP) is 1.21. The van der Waals surface area contributed by atoms with Crippen LogP contribution in [-0.4, -0.2) is 28.6 Å². The molecule has 1 aromatic heterocycles. The van der Waals surface area contributed by atoms with E-state index in [4.69, 9.17) is 5.11 Å². The van der Waals surface area contributed by atoms with Gasteiger partial charge in [0.2, 0.25) is 0 Å². The maximum Gasteiger partial charge on any atom is 0.433 e. The van der Waals surface area contributed by atoms with Crippen molar-refractivity contribution in [1.29, 1.82) is 0 Å². The van der Waals surface area contributed by atoms with Gasteiger partial charge in [0.15, 0.2) is 0 Å². The Morgan fingerprint density at radius 2 is 2.18 bits per heavy atom. The molecule has 1 atom stereocenters. The predicted molar refractivity (Wildman–Crippen MR) is 53.3 cm³/mol. The average Bonchev–Trinajstić information content (AvgIpc) is 2.27. The molecule has 4 nitrogen and oxygen atoms in total. The van der Waals surface area contributed by atoms with Crippen LogP contribution in [0.4, 0.5) is 13.2 Å². The van der Waals surface area contributed by atoms with Crippen LogP contribution in [0.15, 0.2) is 18.3 Å². The van der Waals surface area contributed by atoms with E-state index in [2.05, 4.69) is 10.3 Å². The Kier molecular flexibility index (Phi) is 4.06. The molecule has 0 saturated heterocycles. The molecule has 94 valence electrons. The third-order valence-corrected chi connectivity index (χ3v) is 1.97. The average molecular weight is 248 g/mol. The summed E-state index contributed by atoms with van der Waals surface area (Å²) in [7, 11) is 0. The van der Waals surface area contributed by atoms with Gasteiger partial charge in [0, 0.05) is 12.2 Å². The highest BCUT2D eigenvalue weighted by Gasteiger charge is 2.32. The molecule has 0 bridgehead atoms. The molecule has 0 aliphatic carbocycles. The third-order valence-electron chi connectivity index (χ3n) is 1.97. The first-order valence-electron chi connectivity index (χ1n) is 4.79. The molecule has 17 heavy (non-hydrogen) atoms. The molecular weight excluding hydrogens is 237 g/mol. The Morgan fingerprint density at radius 3 is 2.59 bits per heavy atom. The van der Waals surface area contributed by atoms with Crippen LogP contribution < -0.4 is 5.32 Å². The van der Waals surface area contributed by atoms with Crippen molar-refractivity contribution in [3.8, 4) is 0 Å². The van der Waals surface area contributed by atoms with Gasteiger partial charge in [-0.15, -0.1) is 0 Å². The van der Waals surface area contributed by atoms with E-state index >= 15 is 0 Å². The molecule has 0 unspecified atom stereocenters. The van der Waals surface area contributed by atoms with Crippen LogP contribution in [0.2, 0.25) is 0 Å². The zero-order valence-corrected chi connectivity index (χ0v) is 8.95. The fraction of sp³-hybridized carbons (Fsp3) is 0.400. The molecule has 0 aromatic carbocycles. The lowest BCUT2D eigenvalue weighted by Gasteiger charge is -2.11. The molecule has 0 aliphatic heterocycles. The highest BCUT2D eigenvalue weighted by atomic mass is 19.4. The van der Waals surface area contributed by atoms with Crippen molar-refractivity contribution in [2.75, 3.05) is 6.61 Å². The Bertz CT molecular complexity index is 390. The summed E-state index contributed by atoms with van der Waals surface area (Å²) < 4.78 is 36.6. The number of alkyl halides is 3. The van der Waals surface area contributed by atoms with Crippen molar-refractivity contribution in [2.45, 2.75) is 19.1 Å². The molecule has 1 heterocycles. The van der Waals surface area contributed by atoms with Crippen LogP contribution in [0.1, 0.15) is 23.0 Å². The molecule has 2 N–H and O–H groups in total. The van der Waals surface area contributed by atoms with E-state index in [1.165, 1.54) is 0 Å². The minimum absolute atomic E-state index is 0.0123. The molecule has 1 aromatic rings. The van der Waals surface area contributed by atoms with Crippen LogP contribution in [0.3, 0.4) is 0 Å². The third kappa shape index (κ3) is 3.70. The van der Waals surface area contributed by atoms with Crippen LogP contribution in [0.5, 0.6) is 0 Å². The Labute approximate surface area is 95.5 Å². The molecular formula is C10H11F3N2O2. The van der Waals surface area contributed by atoms with Crippen molar-refractivity contribution in [3.05, 3.63) is 29.6 Å². The summed E-state index contributed by atoms with van der Waals surface area (Å²) in [5, 5.41) is 11.1. The summed E-state index contributed by atoms with van der Waals surface area (Å²) >= 11 is 0. The zero-order chi connectivity index (χ0) is 13.1. The largest absolute Gasteiger partial charge is 0.433 e. The number of halogens is 3. The van der Waals surface area contributed by atoms with Crippen molar-refractivity contribution < 1.29 is 23.1 Å². The van der Waals surface area contributed by atoms with Gasteiger partial charge in [-0.05, 0) is 19.1 Å². The lowest BCUT2D eigenvalue weighted by molar-refractivity contribution is -0.141. The second-order valence-electron chi connectivity index (χ2n) is 3.49. The quantitative estimate of drug-likeness (QED) is 0.845. The van der Waals surface area contributed by atoms with E-state index in [9.17, 15) is 18.0 Å². The van der Waals surface area contributed by atoms with Gasteiger partial charge in [0.25, 0.3) is 5.91 Å². The van der Waals surface area contributed by atoms with Crippen molar-refractivity contribution >= 4 is 5.91 Å². The lowest BCUT2D eigenvalue weighted by Crippen LogP contribution is -2.35. The summed E-state index contributed by atoms with van der Waals surface area (Å²) in [5.74, 6) is -0.576. The number of aromatic nitrogens is 1. The molecule has 0 saturated carbocycles. The highest BCUT2D eigenvalue weighted by molar-refractivity contribution is 5.94. The number of pyridine rings is 1. The van der Waals surface area contributed by atoms with Gasteiger partial charge in [-0.1, -0.05) is 0 Å². The number of aliphatic hydroxyl groups excluding tert-OH is 1. The second-order valence-corrected chi connectivity index (χ2v) is 3.49. The van der Waals surface area contributed by atoms with Crippen molar-refractivity contribution in [3.63, 3.8) is 0 Å². The summed E-state index contributed by atoms with van der Waals surface area (Å²) in [6.45, 7) is 1.31. The molecule has 0 spiro atoms. The number of nitrogens with zero attached hydrogens (tertiary/aromatic N) is 1. The number of amides is 1. The number of hydrogen-bond acceptors (Lipinski definition) is 3. The Balaban J connectivity index is 2.78. The number of carbonyl (C=O) groups excluding carboxylic acids is 1.